The van der Waals surface area contributed by atoms with E-state index in [-0.39, 0.29) is 23.9 Å². The summed E-state index contributed by atoms with van der Waals surface area (Å²) in [5.74, 6) is -1.32. The molecule has 0 aromatic carbocycles. The third kappa shape index (κ3) is 2.42. The molecule has 0 aliphatic carbocycles. The molecule has 96 valence electrons. The summed E-state index contributed by atoms with van der Waals surface area (Å²) in [5, 5.41) is 8.79. The summed E-state index contributed by atoms with van der Waals surface area (Å²) in [6, 6.07) is 2.73. The van der Waals surface area contributed by atoms with Gasteiger partial charge in [0.25, 0.3) is 11.5 Å². The fourth-order valence-corrected chi connectivity index (χ4v) is 2.26. The maximum absolute atomic E-state index is 12.2. The molecule has 1 aromatic heterocycles. The quantitative estimate of drug-likeness (QED) is 0.815. The zero-order valence-corrected chi connectivity index (χ0v) is 9.76. The van der Waals surface area contributed by atoms with Gasteiger partial charge in [-0.25, -0.2) is 0 Å². The number of amides is 1. The lowest BCUT2D eigenvalue weighted by atomic mass is 10.1. The van der Waals surface area contributed by atoms with Crippen molar-refractivity contribution in [3.05, 3.63) is 34.2 Å². The van der Waals surface area contributed by atoms with Crippen LogP contribution in [0.5, 0.6) is 0 Å². The number of aliphatic carboxylic acids is 1. The Kier molecular flexibility index (Phi) is 3.45. The first-order chi connectivity index (χ1) is 8.59. The lowest BCUT2D eigenvalue weighted by Gasteiger charge is -2.23. The van der Waals surface area contributed by atoms with E-state index in [0.29, 0.717) is 13.0 Å². The molecule has 6 heteroatoms. The smallest absolute Gasteiger partial charge is 0.305 e. The van der Waals surface area contributed by atoms with E-state index < -0.39 is 11.5 Å². The second-order valence-electron chi connectivity index (χ2n) is 4.31. The van der Waals surface area contributed by atoms with Gasteiger partial charge in [0.05, 0.1) is 6.42 Å². The predicted molar refractivity (Wildman–Crippen MR) is 63.4 cm³/mol. The SMILES string of the molecule is O=C(O)CC1CCCN1C(=O)c1ccc[nH]c1=O. The number of carboxylic acid groups (broad SMARTS) is 1. The number of pyridine rings is 1. The lowest BCUT2D eigenvalue weighted by molar-refractivity contribution is -0.137. The van der Waals surface area contributed by atoms with Gasteiger partial charge in [0.15, 0.2) is 0 Å². The number of hydrogen-bond donors (Lipinski definition) is 2. The van der Waals surface area contributed by atoms with Crippen LogP contribution in [0.25, 0.3) is 0 Å². The Balaban J connectivity index is 2.21. The van der Waals surface area contributed by atoms with E-state index in [0.717, 1.165) is 6.42 Å². The summed E-state index contributed by atoms with van der Waals surface area (Å²) < 4.78 is 0. The molecule has 18 heavy (non-hydrogen) atoms. The van der Waals surface area contributed by atoms with Gasteiger partial charge in [-0.2, -0.15) is 0 Å². The number of aromatic amines is 1. The average Bonchev–Trinajstić information content (AvgIpc) is 2.76. The van der Waals surface area contributed by atoms with E-state index in [1.165, 1.54) is 17.2 Å². The minimum absolute atomic E-state index is 0.0646. The minimum atomic E-state index is -0.929. The highest BCUT2D eigenvalue weighted by Crippen LogP contribution is 2.21. The van der Waals surface area contributed by atoms with Gasteiger partial charge in [0, 0.05) is 18.8 Å². The number of nitrogens with one attached hydrogen (secondary N) is 1. The van der Waals surface area contributed by atoms with E-state index in [4.69, 9.17) is 5.11 Å². The molecule has 1 aliphatic rings. The van der Waals surface area contributed by atoms with Crippen LogP contribution in [0.3, 0.4) is 0 Å². The fourth-order valence-electron chi connectivity index (χ4n) is 2.26. The molecule has 2 N–H and O–H groups in total. The molecule has 6 nitrogen and oxygen atoms in total. The number of carbonyl (C=O) groups is 2. The van der Waals surface area contributed by atoms with E-state index in [1.807, 2.05) is 0 Å². The molecule has 0 bridgehead atoms. The summed E-state index contributed by atoms with van der Waals surface area (Å²) in [4.78, 5) is 38.3. The maximum Gasteiger partial charge on any atom is 0.305 e. The second-order valence-corrected chi connectivity index (χ2v) is 4.31. The second kappa shape index (κ2) is 5.03. The van der Waals surface area contributed by atoms with Crippen molar-refractivity contribution in [1.29, 1.82) is 0 Å². The molecule has 1 unspecified atom stereocenters. The third-order valence-electron chi connectivity index (χ3n) is 3.10. The standard InChI is InChI=1S/C12H14N2O4/c15-10(16)7-8-3-2-6-14(8)12(18)9-4-1-5-13-11(9)17/h1,4-5,8H,2-3,6-7H2,(H,13,17)(H,15,16). The average molecular weight is 250 g/mol. The van der Waals surface area contributed by atoms with Crippen molar-refractivity contribution < 1.29 is 14.7 Å². The molecule has 1 aromatic rings. The Morgan fingerprint density at radius 2 is 2.28 bits per heavy atom. The van der Waals surface area contributed by atoms with Gasteiger partial charge in [-0.15, -0.1) is 0 Å². The van der Waals surface area contributed by atoms with Crippen LogP contribution in [0.1, 0.15) is 29.6 Å². The van der Waals surface area contributed by atoms with Gasteiger partial charge in [-0.05, 0) is 25.0 Å². The first-order valence-electron chi connectivity index (χ1n) is 5.80. The van der Waals surface area contributed by atoms with Gasteiger partial charge in [-0.3, -0.25) is 14.4 Å². The predicted octanol–water partition coefficient (Wildman–Crippen LogP) is 0.454. The van der Waals surface area contributed by atoms with E-state index >= 15 is 0 Å². The molecular weight excluding hydrogens is 236 g/mol. The number of carboxylic acids is 1. The molecule has 0 radical (unpaired) electrons. The Labute approximate surface area is 103 Å². The molecule has 0 saturated carbocycles. The Morgan fingerprint density at radius 1 is 1.50 bits per heavy atom. The van der Waals surface area contributed by atoms with Gasteiger partial charge in [0.1, 0.15) is 5.56 Å². The van der Waals surface area contributed by atoms with Crippen molar-refractivity contribution >= 4 is 11.9 Å². The number of carbonyl (C=O) groups excluding carboxylic acids is 1. The van der Waals surface area contributed by atoms with E-state index in [1.54, 1.807) is 6.07 Å². The maximum atomic E-state index is 12.2. The summed E-state index contributed by atoms with van der Waals surface area (Å²) in [6.07, 6.45) is 2.82. The molecule has 1 aliphatic heterocycles. The van der Waals surface area contributed by atoms with Crippen LogP contribution in [0.15, 0.2) is 23.1 Å². The molecule has 1 amide bonds. The normalized spacial score (nSPS) is 18.9. The van der Waals surface area contributed by atoms with Crippen molar-refractivity contribution in [3.8, 4) is 0 Å². The molecule has 2 heterocycles. The monoisotopic (exact) mass is 250 g/mol. The highest BCUT2D eigenvalue weighted by Gasteiger charge is 2.31. The fraction of sp³-hybridized carbons (Fsp3) is 0.417. The largest absolute Gasteiger partial charge is 0.481 e. The van der Waals surface area contributed by atoms with Gasteiger partial charge in [-0.1, -0.05) is 0 Å². The van der Waals surface area contributed by atoms with Gasteiger partial charge in [0.2, 0.25) is 0 Å². The summed E-state index contributed by atoms with van der Waals surface area (Å²) in [6.45, 7) is 0.505. The van der Waals surface area contributed by atoms with Gasteiger partial charge >= 0.3 is 5.97 Å². The number of nitrogens with zero attached hydrogens (tertiary/aromatic N) is 1. The Bertz CT molecular complexity index is 523. The lowest BCUT2D eigenvalue weighted by Crippen LogP contribution is -2.39. The number of likely N-dealkylation sites (tertiary alicyclic amines) is 1. The number of rotatable bonds is 3. The van der Waals surface area contributed by atoms with Crippen molar-refractivity contribution in [1.82, 2.24) is 9.88 Å². The topological polar surface area (TPSA) is 90.5 Å². The molecule has 1 saturated heterocycles. The van der Waals surface area contributed by atoms with E-state index in [2.05, 4.69) is 4.98 Å². The van der Waals surface area contributed by atoms with Crippen LogP contribution in [0, 0.1) is 0 Å². The highest BCUT2D eigenvalue weighted by atomic mass is 16.4. The van der Waals surface area contributed by atoms with Crippen LogP contribution < -0.4 is 5.56 Å². The van der Waals surface area contributed by atoms with E-state index in [9.17, 15) is 14.4 Å². The number of hydrogen-bond acceptors (Lipinski definition) is 3. The van der Waals surface area contributed by atoms with Crippen molar-refractivity contribution in [2.75, 3.05) is 6.54 Å². The van der Waals surface area contributed by atoms with Crippen LogP contribution in [-0.2, 0) is 4.79 Å². The summed E-state index contributed by atoms with van der Waals surface area (Å²) >= 11 is 0. The highest BCUT2D eigenvalue weighted by molar-refractivity contribution is 5.94. The van der Waals surface area contributed by atoms with Crippen LogP contribution >= 0.6 is 0 Å². The zero-order chi connectivity index (χ0) is 13.1. The summed E-state index contributed by atoms with van der Waals surface area (Å²) in [7, 11) is 0. The number of H-pyrrole nitrogens is 1. The zero-order valence-electron chi connectivity index (χ0n) is 9.76. The molecule has 0 spiro atoms. The van der Waals surface area contributed by atoms with Crippen LogP contribution in [0.4, 0.5) is 0 Å². The van der Waals surface area contributed by atoms with Crippen molar-refractivity contribution in [2.24, 2.45) is 0 Å². The van der Waals surface area contributed by atoms with Crippen molar-refractivity contribution in [3.63, 3.8) is 0 Å². The Hall–Kier alpha value is -2.11. The molecule has 2 rings (SSSR count). The summed E-state index contributed by atoms with van der Waals surface area (Å²) in [5.41, 5.74) is -0.377. The molecular formula is C12H14N2O4. The van der Waals surface area contributed by atoms with Crippen molar-refractivity contribution in [2.45, 2.75) is 25.3 Å². The number of aromatic nitrogens is 1. The molecule has 1 fully saturated rings. The van der Waals surface area contributed by atoms with Crippen LogP contribution in [-0.4, -0.2) is 39.5 Å². The first kappa shape index (κ1) is 12.3. The van der Waals surface area contributed by atoms with Crippen LogP contribution in [0.2, 0.25) is 0 Å². The van der Waals surface area contributed by atoms with Gasteiger partial charge < -0.3 is 15.0 Å². The first-order valence-corrected chi connectivity index (χ1v) is 5.80. The minimum Gasteiger partial charge on any atom is -0.481 e. The Morgan fingerprint density at radius 3 is 2.94 bits per heavy atom. The third-order valence-corrected chi connectivity index (χ3v) is 3.10. The molecule has 1 atom stereocenters.